The number of carbonyl (C=O) groups excluding carboxylic acids is 2. The molecule has 0 radical (unpaired) electrons. The SMILES string of the molecule is CC(C)C(=O)N1CCC2(CC1)C[C@H](CCN1CCN(c3ccc(F)cc3)CC1)N(C)C2=O. The van der Waals surface area contributed by atoms with E-state index < -0.39 is 0 Å². The molecule has 3 saturated heterocycles. The largest absolute Gasteiger partial charge is 0.369 e. The lowest BCUT2D eigenvalue weighted by Crippen LogP contribution is -2.47. The lowest BCUT2D eigenvalue weighted by Gasteiger charge is -2.38. The van der Waals surface area contributed by atoms with Crippen LogP contribution >= 0.6 is 0 Å². The zero-order chi connectivity index (χ0) is 22.9. The van der Waals surface area contributed by atoms with Crippen molar-refractivity contribution in [2.24, 2.45) is 11.3 Å². The summed E-state index contributed by atoms with van der Waals surface area (Å²) >= 11 is 0. The number of anilines is 1. The molecule has 3 heterocycles. The summed E-state index contributed by atoms with van der Waals surface area (Å²) in [6.45, 7) is 10.1. The van der Waals surface area contributed by atoms with Crippen molar-refractivity contribution in [2.45, 2.75) is 45.6 Å². The minimum absolute atomic E-state index is 0.0160. The van der Waals surface area contributed by atoms with Crippen LogP contribution in [0.15, 0.2) is 24.3 Å². The molecular formula is C25H37FN4O2. The lowest BCUT2D eigenvalue weighted by atomic mass is 9.75. The Morgan fingerprint density at radius 1 is 1.06 bits per heavy atom. The van der Waals surface area contributed by atoms with Crippen LogP contribution in [0.3, 0.4) is 0 Å². The first-order valence-corrected chi connectivity index (χ1v) is 12.1. The van der Waals surface area contributed by atoms with Crippen LogP contribution in [0.2, 0.25) is 0 Å². The Bertz CT molecular complexity index is 812. The number of hydrogen-bond acceptors (Lipinski definition) is 4. The predicted octanol–water partition coefficient (Wildman–Crippen LogP) is 2.83. The molecule has 0 saturated carbocycles. The Kier molecular flexibility index (Phi) is 6.75. The molecule has 4 rings (SSSR count). The molecule has 1 aromatic rings. The lowest BCUT2D eigenvalue weighted by molar-refractivity contribution is -0.143. The van der Waals surface area contributed by atoms with Gasteiger partial charge in [0.1, 0.15) is 5.82 Å². The Balaban J connectivity index is 1.26. The molecule has 1 spiro atoms. The van der Waals surface area contributed by atoms with E-state index in [0.29, 0.717) is 13.1 Å². The number of benzene rings is 1. The Hall–Kier alpha value is -2.15. The highest BCUT2D eigenvalue weighted by Gasteiger charge is 2.51. The maximum Gasteiger partial charge on any atom is 0.228 e. The molecule has 1 aromatic carbocycles. The van der Waals surface area contributed by atoms with Crippen LogP contribution in [0.1, 0.15) is 39.5 Å². The van der Waals surface area contributed by atoms with E-state index in [4.69, 9.17) is 0 Å². The molecule has 2 amide bonds. The van der Waals surface area contributed by atoms with Crippen LogP contribution in [-0.2, 0) is 9.59 Å². The number of rotatable bonds is 5. The maximum absolute atomic E-state index is 13.2. The third kappa shape index (κ3) is 4.63. The van der Waals surface area contributed by atoms with Crippen LogP contribution in [0.5, 0.6) is 0 Å². The molecule has 6 nitrogen and oxygen atoms in total. The van der Waals surface area contributed by atoms with Crippen molar-refractivity contribution in [1.29, 1.82) is 0 Å². The van der Waals surface area contributed by atoms with E-state index in [-0.39, 0.29) is 35.0 Å². The first-order valence-electron chi connectivity index (χ1n) is 12.1. The van der Waals surface area contributed by atoms with Gasteiger partial charge in [-0.15, -0.1) is 0 Å². The third-order valence-electron chi connectivity index (χ3n) is 7.82. The van der Waals surface area contributed by atoms with Crippen molar-refractivity contribution in [3.8, 4) is 0 Å². The zero-order valence-corrected chi connectivity index (χ0v) is 19.7. The summed E-state index contributed by atoms with van der Waals surface area (Å²) in [5, 5.41) is 0. The zero-order valence-electron chi connectivity index (χ0n) is 19.7. The van der Waals surface area contributed by atoms with E-state index in [1.54, 1.807) is 0 Å². The number of halogens is 1. The second-order valence-electron chi connectivity index (χ2n) is 10.1. The van der Waals surface area contributed by atoms with Crippen LogP contribution in [-0.4, -0.2) is 85.4 Å². The van der Waals surface area contributed by atoms with Gasteiger partial charge in [-0.2, -0.15) is 0 Å². The van der Waals surface area contributed by atoms with Gasteiger partial charge in [-0.25, -0.2) is 4.39 Å². The highest BCUT2D eigenvalue weighted by atomic mass is 19.1. The molecule has 0 N–H and O–H groups in total. The average molecular weight is 445 g/mol. The molecule has 0 aromatic heterocycles. The molecule has 7 heteroatoms. The van der Waals surface area contributed by atoms with E-state index in [2.05, 4.69) is 9.80 Å². The number of carbonyl (C=O) groups is 2. The van der Waals surface area contributed by atoms with Gasteiger partial charge >= 0.3 is 0 Å². The van der Waals surface area contributed by atoms with E-state index >= 15 is 0 Å². The topological polar surface area (TPSA) is 47.1 Å². The number of hydrogen-bond donors (Lipinski definition) is 0. The van der Waals surface area contributed by atoms with Crippen molar-refractivity contribution < 1.29 is 14.0 Å². The number of piperazine rings is 1. The number of likely N-dealkylation sites (tertiary alicyclic amines) is 2. The summed E-state index contributed by atoms with van der Waals surface area (Å²) in [6.07, 6.45) is 3.50. The summed E-state index contributed by atoms with van der Waals surface area (Å²) in [7, 11) is 1.96. The van der Waals surface area contributed by atoms with Crippen LogP contribution in [0.4, 0.5) is 10.1 Å². The van der Waals surface area contributed by atoms with E-state index in [1.165, 1.54) is 12.1 Å². The quantitative estimate of drug-likeness (QED) is 0.701. The summed E-state index contributed by atoms with van der Waals surface area (Å²) in [6, 6.07) is 7.03. The molecule has 32 heavy (non-hydrogen) atoms. The van der Waals surface area contributed by atoms with Crippen molar-refractivity contribution >= 4 is 17.5 Å². The standard InChI is InChI=1S/C25H37FN4O2/c1-19(2)23(31)30-12-9-25(10-13-30)18-22(27(3)24(25)32)8-11-28-14-16-29(17-15-28)21-6-4-20(26)5-7-21/h4-7,19,22H,8-18H2,1-3H3/t22-/m0/s1. The van der Waals surface area contributed by atoms with Gasteiger partial charge in [-0.3, -0.25) is 14.5 Å². The molecular weight excluding hydrogens is 407 g/mol. The Labute approximate surface area is 191 Å². The first-order chi connectivity index (χ1) is 15.3. The second-order valence-corrected chi connectivity index (χ2v) is 10.1. The molecule has 0 unspecified atom stereocenters. The molecule has 0 bridgehead atoms. The number of piperidine rings is 1. The number of amides is 2. The highest BCUT2D eigenvalue weighted by Crippen LogP contribution is 2.45. The smallest absolute Gasteiger partial charge is 0.228 e. The van der Waals surface area contributed by atoms with Gasteiger partial charge in [0.15, 0.2) is 0 Å². The molecule has 1 atom stereocenters. The van der Waals surface area contributed by atoms with Crippen LogP contribution in [0, 0.1) is 17.2 Å². The van der Waals surface area contributed by atoms with Gasteiger partial charge in [0.05, 0.1) is 5.41 Å². The molecule has 176 valence electrons. The average Bonchev–Trinajstić information content (AvgIpc) is 3.03. The van der Waals surface area contributed by atoms with Crippen molar-refractivity contribution in [2.75, 3.05) is 57.8 Å². The van der Waals surface area contributed by atoms with Gasteiger partial charge in [0, 0.05) is 70.5 Å². The fraction of sp³-hybridized carbons (Fsp3) is 0.680. The van der Waals surface area contributed by atoms with Crippen LogP contribution in [0.25, 0.3) is 0 Å². The summed E-state index contributed by atoms with van der Waals surface area (Å²) in [4.78, 5) is 34.2. The summed E-state index contributed by atoms with van der Waals surface area (Å²) in [5.74, 6) is 0.301. The van der Waals surface area contributed by atoms with Gasteiger partial charge in [-0.05, 0) is 49.9 Å². The Morgan fingerprint density at radius 2 is 1.69 bits per heavy atom. The summed E-state index contributed by atoms with van der Waals surface area (Å²) in [5.41, 5.74) is 0.811. The van der Waals surface area contributed by atoms with Crippen molar-refractivity contribution in [1.82, 2.24) is 14.7 Å². The minimum Gasteiger partial charge on any atom is -0.369 e. The fourth-order valence-corrected chi connectivity index (χ4v) is 5.66. The highest BCUT2D eigenvalue weighted by molar-refractivity contribution is 5.86. The van der Waals surface area contributed by atoms with Crippen molar-refractivity contribution in [3.05, 3.63) is 30.1 Å². The normalized spacial score (nSPS) is 24.1. The van der Waals surface area contributed by atoms with E-state index in [1.807, 2.05) is 42.8 Å². The van der Waals surface area contributed by atoms with Gasteiger partial charge in [-0.1, -0.05) is 13.8 Å². The van der Waals surface area contributed by atoms with Gasteiger partial charge in [0.25, 0.3) is 0 Å². The van der Waals surface area contributed by atoms with Crippen molar-refractivity contribution in [3.63, 3.8) is 0 Å². The number of nitrogens with zero attached hydrogens (tertiary/aromatic N) is 4. The molecule has 0 aliphatic carbocycles. The first kappa shape index (κ1) is 23.0. The van der Waals surface area contributed by atoms with Crippen LogP contribution < -0.4 is 4.90 Å². The molecule has 3 aliphatic heterocycles. The van der Waals surface area contributed by atoms with Gasteiger partial charge < -0.3 is 14.7 Å². The predicted molar refractivity (Wildman–Crippen MR) is 124 cm³/mol. The van der Waals surface area contributed by atoms with Gasteiger partial charge in [0.2, 0.25) is 11.8 Å². The maximum atomic E-state index is 13.2. The monoisotopic (exact) mass is 444 g/mol. The Morgan fingerprint density at radius 3 is 2.28 bits per heavy atom. The molecule has 3 fully saturated rings. The minimum atomic E-state index is -0.269. The third-order valence-corrected chi connectivity index (χ3v) is 7.82. The molecule has 3 aliphatic rings. The second kappa shape index (κ2) is 9.38. The van der Waals surface area contributed by atoms with E-state index in [0.717, 1.165) is 64.1 Å². The van der Waals surface area contributed by atoms with E-state index in [9.17, 15) is 14.0 Å². The summed E-state index contributed by atoms with van der Waals surface area (Å²) < 4.78 is 13.2. The fourth-order valence-electron chi connectivity index (χ4n) is 5.66.